The predicted molar refractivity (Wildman–Crippen MR) is 104 cm³/mol. The van der Waals surface area contributed by atoms with Gasteiger partial charge in [0.25, 0.3) is 0 Å². The molecule has 0 amide bonds. The Balaban J connectivity index is 0.00000312. The van der Waals surface area contributed by atoms with Crippen LogP contribution in [0.5, 0.6) is 11.5 Å². The zero-order chi connectivity index (χ0) is 17.4. The number of hydrogen-bond acceptors (Lipinski definition) is 4. The van der Waals surface area contributed by atoms with Crippen LogP contribution in [0.15, 0.2) is 48.5 Å². The summed E-state index contributed by atoms with van der Waals surface area (Å²) >= 11 is 5.82. The van der Waals surface area contributed by atoms with Crippen LogP contribution >= 0.6 is 24.0 Å². The summed E-state index contributed by atoms with van der Waals surface area (Å²) < 4.78 is 11.2. The lowest BCUT2D eigenvalue weighted by atomic mass is 9.95. The zero-order valence-electron chi connectivity index (χ0n) is 14.3. The van der Waals surface area contributed by atoms with Gasteiger partial charge < -0.3 is 20.3 Å². The molecule has 6 heteroatoms. The minimum Gasteiger partial charge on any atom is -0.490 e. The first-order valence-electron chi connectivity index (χ1n) is 7.98. The molecule has 0 radical (unpaired) electrons. The number of aryl methyl sites for hydroxylation is 1. The molecule has 0 heterocycles. The van der Waals surface area contributed by atoms with Crippen molar-refractivity contribution in [2.75, 3.05) is 19.8 Å². The molecule has 0 saturated heterocycles. The van der Waals surface area contributed by atoms with Gasteiger partial charge in [-0.3, -0.25) is 0 Å². The summed E-state index contributed by atoms with van der Waals surface area (Å²) in [5.41, 5.74) is 6.57. The van der Waals surface area contributed by atoms with Crippen LogP contribution in [0.2, 0.25) is 5.02 Å². The van der Waals surface area contributed by atoms with Crippen LogP contribution in [0.1, 0.15) is 18.9 Å². The van der Waals surface area contributed by atoms with Crippen molar-refractivity contribution in [3.63, 3.8) is 0 Å². The van der Waals surface area contributed by atoms with Crippen molar-refractivity contribution >= 4 is 24.0 Å². The van der Waals surface area contributed by atoms with Crippen molar-refractivity contribution in [3.05, 3.63) is 59.1 Å². The van der Waals surface area contributed by atoms with Crippen molar-refractivity contribution in [3.8, 4) is 11.5 Å². The van der Waals surface area contributed by atoms with Crippen molar-refractivity contribution in [2.45, 2.75) is 25.3 Å². The highest BCUT2D eigenvalue weighted by atomic mass is 35.5. The Morgan fingerprint density at radius 1 is 0.960 bits per heavy atom. The Morgan fingerprint density at radius 2 is 1.44 bits per heavy atom. The predicted octanol–water partition coefficient (Wildman–Crippen LogP) is 3.86. The van der Waals surface area contributed by atoms with Crippen LogP contribution < -0.4 is 15.2 Å². The number of rotatable bonds is 9. The highest BCUT2D eigenvalue weighted by Gasteiger charge is 2.16. The second kappa shape index (κ2) is 10.5. The molecule has 25 heavy (non-hydrogen) atoms. The van der Waals surface area contributed by atoms with E-state index in [1.807, 2.05) is 43.3 Å². The van der Waals surface area contributed by atoms with E-state index < -0.39 is 5.54 Å². The summed E-state index contributed by atoms with van der Waals surface area (Å²) in [4.78, 5) is 0. The van der Waals surface area contributed by atoms with Gasteiger partial charge in [-0.05, 0) is 61.7 Å². The monoisotopic (exact) mass is 385 g/mol. The first-order valence-corrected chi connectivity index (χ1v) is 8.36. The zero-order valence-corrected chi connectivity index (χ0v) is 15.9. The number of ether oxygens (including phenoxy) is 2. The van der Waals surface area contributed by atoms with E-state index in [9.17, 15) is 0 Å². The number of hydrogen-bond donors (Lipinski definition) is 2. The minimum absolute atomic E-state index is 0. The highest BCUT2D eigenvalue weighted by Crippen LogP contribution is 2.17. The van der Waals surface area contributed by atoms with Crippen LogP contribution in [0.3, 0.4) is 0 Å². The molecule has 3 N–H and O–H groups in total. The van der Waals surface area contributed by atoms with E-state index in [2.05, 4.69) is 0 Å². The van der Waals surface area contributed by atoms with Gasteiger partial charge in [-0.25, -0.2) is 0 Å². The van der Waals surface area contributed by atoms with Crippen LogP contribution in [0, 0.1) is 0 Å². The highest BCUT2D eigenvalue weighted by molar-refractivity contribution is 6.30. The van der Waals surface area contributed by atoms with E-state index >= 15 is 0 Å². The van der Waals surface area contributed by atoms with Gasteiger partial charge in [-0.1, -0.05) is 23.7 Å². The van der Waals surface area contributed by atoms with E-state index in [1.54, 1.807) is 12.1 Å². The van der Waals surface area contributed by atoms with Crippen LogP contribution in [-0.4, -0.2) is 30.5 Å². The Bertz CT molecular complexity index is 616. The summed E-state index contributed by atoms with van der Waals surface area (Å²) in [6, 6.07) is 15.1. The lowest BCUT2D eigenvalue weighted by Crippen LogP contribution is -2.40. The third kappa shape index (κ3) is 7.97. The van der Waals surface area contributed by atoms with Gasteiger partial charge in [0.05, 0.1) is 6.61 Å². The lowest BCUT2D eigenvalue weighted by Gasteiger charge is -2.21. The third-order valence-corrected chi connectivity index (χ3v) is 3.96. The van der Waals surface area contributed by atoms with E-state index in [1.165, 1.54) is 5.56 Å². The van der Waals surface area contributed by atoms with Crippen molar-refractivity contribution in [2.24, 2.45) is 5.73 Å². The number of nitrogens with two attached hydrogens (primary N) is 1. The molecule has 0 aliphatic heterocycles. The number of halogens is 2. The molecule has 0 bridgehead atoms. The summed E-state index contributed by atoms with van der Waals surface area (Å²) in [6.07, 6.45) is 1.56. The fourth-order valence-corrected chi connectivity index (χ4v) is 2.24. The normalized spacial score (nSPS) is 12.8. The van der Waals surface area contributed by atoms with Gasteiger partial charge in [0.1, 0.15) is 24.7 Å². The van der Waals surface area contributed by atoms with E-state index in [0.717, 1.165) is 24.3 Å². The number of benzene rings is 2. The molecule has 1 atom stereocenters. The average Bonchev–Trinajstić information content (AvgIpc) is 2.59. The lowest BCUT2D eigenvalue weighted by molar-refractivity contribution is 0.200. The van der Waals surface area contributed by atoms with E-state index in [-0.39, 0.29) is 19.0 Å². The maximum absolute atomic E-state index is 9.17. The molecule has 2 aromatic rings. The molecule has 4 nitrogen and oxygen atoms in total. The fraction of sp³-hybridized carbons (Fsp3) is 0.368. The second-order valence-corrected chi connectivity index (χ2v) is 6.54. The molecule has 0 unspecified atom stereocenters. The molecule has 0 fully saturated rings. The minimum atomic E-state index is -0.534. The van der Waals surface area contributed by atoms with Crippen LogP contribution in [0.25, 0.3) is 0 Å². The van der Waals surface area contributed by atoms with Gasteiger partial charge in [-0.15, -0.1) is 12.4 Å². The van der Waals surface area contributed by atoms with Crippen LogP contribution in [0.4, 0.5) is 0 Å². The maximum Gasteiger partial charge on any atom is 0.122 e. The summed E-state index contributed by atoms with van der Waals surface area (Å²) in [5.74, 6) is 1.57. The largest absolute Gasteiger partial charge is 0.490 e. The van der Waals surface area contributed by atoms with E-state index in [0.29, 0.717) is 18.2 Å². The quantitative estimate of drug-likeness (QED) is 0.643. The first-order chi connectivity index (χ1) is 11.5. The Hall–Kier alpha value is -1.46. The van der Waals surface area contributed by atoms with Gasteiger partial charge in [0, 0.05) is 10.6 Å². The Morgan fingerprint density at radius 3 is 1.92 bits per heavy atom. The molecular formula is C19H25Cl2NO3. The van der Waals surface area contributed by atoms with E-state index in [4.69, 9.17) is 31.9 Å². The van der Waals surface area contributed by atoms with Crippen LogP contribution in [-0.2, 0) is 6.42 Å². The molecule has 0 aliphatic rings. The Labute approximate surface area is 160 Å². The number of aliphatic hydroxyl groups excluding tert-OH is 1. The van der Waals surface area contributed by atoms with Crippen molar-refractivity contribution in [1.29, 1.82) is 0 Å². The smallest absolute Gasteiger partial charge is 0.122 e. The van der Waals surface area contributed by atoms with Crippen molar-refractivity contribution < 1.29 is 14.6 Å². The standard InChI is InChI=1S/C19H24ClNO3.ClH/c1-19(21,14-22)11-10-15-2-6-17(7-3-15)23-12-13-24-18-8-4-16(20)5-9-18;/h2-9,22H,10-14,21H2,1H3;1H/t19-;/m1./s1. The molecule has 0 aliphatic carbocycles. The average molecular weight is 386 g/mol. The molecule has 2 rings (SSSR count). The van der Waals surface area contributed by atoms with Gasteiger partial charge in [0.15, 0.2) is 0 Å². The van der Waals surface area contributed by atoms with Crippen molar-refractivity contribution in [1.82, 2.24) is 0 Å². The molecule has 0 saturated carbocycles. The van der Waals surface area contributed by atoms with Gasteiger partial charge >= 0.3 is 0 Å². The fourth-order valence-electron chi connectivity index (χ4n) is 2.11. The summed E-state index contributed by atoms with van der Waals surface area (Å²) in [6.45, 7) is 2.77. The second-order valence-electron chi connectivity index (χ2n) is 6.11. The molecular weight excluding hydrogens is 361 g/mol. The topological polar surface area (TPSA) is 64.7 Å². The summed E-state index contributed by atoms with van der Waals surface area (Å²) in [7, 11) is 0. The first kappa shape index (κ1) is 21.6. The summed E-state index contributed by atoms with van der Waals surface area (Å²) in [5, 5.41) is 9.86. The van der Waals surface area contributed by atoms with Gasteiger partial charge in [0.2, 0.25) is 0 Å². The SMILES string of the molecule is C[C@](N)(CO)CCc1ccc(OCCOc2ccc(Cl)cc2)cc1.Cl. The molecule has 0 spiro atoms. The van der Waals surface area contributed by atoms with Gasteiger partial charge in [-0.2, -0.15) is 0 Å². The number of aliphatic hydroxyl groups is 1. The maximum atomic E-state index is 9.17. The molecule has 2 aromatic carbocycles. The molecule has 0 aromatic heterocycles. The molecule has 138 valence electrons. The third-order valence-electron chi connectivity index (χ3n) is 3.70. The Kier molecular flexibility index (Phi) is 9.08.